The summed E-state index contributed by atoms with van der Waals surface area (Å²) in [7, 11) is 1.43. The molecule has 0 bridgehead atoms. The fraction of sp³-hybridized carbons (Fsp3) is 0.346. The SMILES string of the molecule is COc1cc(O)cc(O)c1C(=O)C1CC=C(CCC=C(C)C)CC1c1ccccc1. The van der Waals surface area contributed by atoms with Crippen molar-refractivity contribution in [2.45, 2.75) is 45.4 Å². The molecule has 0 fully saturated rings. The molecular weight excluding hydrogens is 376 g/mol. The van der Waals surface area contributed by atoms with Crippen LogP contribution in [-0.2, 0) is 0 Å². The molecule has 0 aliphatic heterocycles. The summed E-state index contributed by atoms with van der Waals surface area (Å²) in [4.78, 5) is 13.5. The van der Waals surface area contributed by atoms with Gasteiger partial charge >= 0.3 is 0 Å². The maximum Gasteiger partial charge on any atom is 0.174 e. The average Bonchev–Trinajstić information content (AvgIpc) is 2.73. The quantitative estimate of drug-likeness (QED) is 0.427. The lowest BCUT2D eigenvalue weighted by Gasteiger charge is -2.31. The van der Waals surface area contributed by atoms with Crippen molar-refractivity contribution in [2.75, 3.05) is 7.11 Å². The minimum atomic E-state index is -0.302. The van der Waals surface area contributed by atoms with Gasteiger partial charge in [-0.1, -0.05) is 53.6 Å². The van der Waals surface area contributed by atoms with Crippen LogP contribution in [0.25, 0.3) is 0 Å². The van der Waals surface area contributed by atoms with E-state index in [9.17, 15) is 15.0 Å². The van der Waals surface area contributed by atoms with E-state index in [2.05, 4.69) is 38.1 Å². The van der Waals surface area contributed by atoms with Gasteiger partial charge in [0.1, 0.15) is 22.8 Å². The molecule has 2 atom stereocenters. The van der Waals surface area contributed by atoms with Crippen LogP contribution in [0.4, 0.5) is 0 Å². The number of aromatic hydroxyl groups is 2. The number of benzene rings is 2. The molecule has 2 aromatic rings. The first-order valence-corrected chi connectivity index (χ1v) is 10.4. The van der Waals surface area contributed by atoms with Crippen LogP contribution in [0, 0.1) is 5.92 Å². The molecule has 0 heterocycles. The number of carbonyl (C=O) groups excluding carboxylic acids is 1. The summed E-state index contributed by atoms with van der Waals surface area (Å²) in [6.45, 7) is 4.21. The second-order valence-corrected chi connectivity index (χ2v) is 8.15. The Kier molecular flexibility index (Phi) is 6.99. The zero-order chi connectivity index (χ0) is 21.7. The fourth-order valence-corrected chi connectivity index (χ4v) is 4.24. The first-order valence-electron chi connectivity index (χ1n) is 10.4. The summed E-state index contributed by atoms with van der Waals surface area (Å²) < 4.78 is 5.29. The summed E-state index contributed by atoms with van der Waals surface area (Å²) in [6, 6.07) is 12.7. The van der Waals surface area contributed by atoms with E-state index < -0.39 is 0 Å². The first kappa shape index (κ1) is 21.7. The van der Waals surface area contributed by atoms with Gasteiger partial charge in [-0.3, -0.25) is 4.79 Å². The second-order valence-electron chi connectivity index (χ2n) is 8.15. The molecule has 1 aliphatic rings. The Bertz CT molecular complexity index is 952. The Morgan fingerprint density at radius 3 is 2.57 bits per heavy atom. The minimum Gasteiger partial charge on any atom is -0.508 e. The molecule has 0 spiro atoms. The highest BCUT2D eigenvalue weighted by atomic mass is 16.5. The van der Waals surface area contributed by atoms with Gasteiger partial charge in [-0.2, -0.15) is 0 Å². The molecule has 2 aromatic carbocycles. The Morgan fingerprint density at radius 2 is 1.90 bits per heavy atom. The number of ketones is 1. The van der Waals surface area contributed by atoms with Crippen molar-refractivity contribution in [3.63, 3.8) is 0 Å². The largest absolute Gasteiger partial charge is 0.508 e. The van der Waals surface area contributed by atoms with Crippen molar-refractivity contribution in [3.05, 3.63) is 76.9 Å². The van der Waals surface area contributed by atoms with E-state index in [-0.39, 0.29) is 40.4 Å². The Balaban J connectivity index is 1.95. The fourth-order valence-electron chi connectivity index (χ4n) is 4.24. The number of phenols is 2. The number of ether oxygens (including phenoxy) is 1. The molecule has 30 heavy (non-hydrogen) atoms. The van der Waals surface area contributed by atoms with E-state index in [1.165, 1.54) is 30.4 Å². The van der Waals surface area contributed by atoms with Gasteiger partial charge in [0.2, 0.25) is 0 Å². The van der Waals surface area contributed by atoms with E-state index in [1.807, 2.05) is 18.2 Å². The van der Waals surface area contributed by atoms with Crippen LogP contribution >= 0.6 is 0 Å². The lowest BCUT2D eigenvalue weighted by atomic mass is 9.72. The van der Waals surface area contributed by atoms with E-state index in [4.69, 9.17) is 4.74 Å². The minimum absolute atomic E-state index is 0.0308. The van der Waals surface area contributed by atoms with Crippen LogP contribution < -0.4 is 4.74 Å². The van der Waals surface area contributed by atoms with Gasteiger partial charge in [0.15, 0.2) is 5.78 Å². The predicted octanol–water partition coefficient (Wildman–Crippen LogP) is 6.16. The Labute approximate surface area is 178 Å². The summed E-state index contributed by atoms with van der Waals surface area (Å²) in [5.74, 6) is -0.611. The number of hydrogen-bond acceptors (Lipinski definition) is 4. The maximum absolute atomic E-state index is 13.5. The molecule has 0 amide bonds. The van der Waals surface area contributed by atoms with Crippen molar-refractivity contribution in [1.82, 2.24) is 0 Å². The lowest BCUT2D eigenvalue weighted by molar-refractivity contribution is 0.0889. The van der Waals surface area contributed by atoms with Gasteiger partial charge in [-0.25, -0.2) is 0 Å². The van der Waals surface area contributed by atoms with Gasteiger partial charge in [0, 0.05) is 18.1 Å². The standard InChI is InChI=1S/C26H30O4/c1-17(2)8-7-9-18-12-13-21(22(14-18)19-10-5-4-6-11-19)26(29)25-23(28)15-20(27)16-24(25)30-3/h4-6,8,10-12,15-16,21-22,27-28H,7,9,13-14H2,1-3H3. The summed E-state index contributed by atoms with van der Waals surface area (Å²) in [5, 5.41) is 20.2. The highest BCUT2D eigenvalue weighted by molar-refractivity contribution is 6.03. The number of allylic oxidation sites excluding steroid dienone is 4. The lowest BCUT2D eigenvalue weighted by Crippen LogP contribution is -2.26. The van der Waals surface area contributed by atoms with Crippen molar-refractivity contribution >= 4 is 5.78 Å². The van der Waals surface area contributed by atoms with Gasteiger partial charge in [-0.05, 0) is 51.0 Å². The van der Waals surface area contributed by atoms with Crippen molar-refractivity contribution in [2.24, 2.45) is 5.92 Å². The first-order chi connectivity index (χ1) is 14.4. The summed E-state index contributed by atoms with van der Waals surface area (Å²) in [6.07, 6.45) is 7.86. The Hall–Kier alpha value is -3.01. The zero-order valence-electron chi connectivity index (χ0n) is 17.9. The van der Waals surface area contributed by atoms with E-state index >= 15 is 0 Å². The van der Waals surface area contributed by atoms with Crippen molar-refractivity contribution in [3.8, 4) is 17.2 Å². The zero-order valence-corrected chi connectivity index (χ0v) is 17.9. The molecule has 3 rings (SSSR count). The number of phenolic OH excluding ortho intramolecular Hbond substituents is 2. The van der Waals surface area contributed by atoms with Gasteiger partial charge in [-0.15, -0.1) is 0 Å². The third-order valence-corrected chi connectivity index (χ3v) is 5.74. The highest BCUT2D eigenvalue weighted by Gasteiger charge is 2.35. The molecule has 0 radical (unpaired) electrons. The van der Waals surface area contributed by atoms with Crippen molar-refractivity contribution in [1.29, 1.82) is 0 Å². The van der Waals surface area contributed by atoms with Crippen LogP contribution in [0.1, 0.15) is 61.4 Å². The highest BCUT2D eigenvalue weighted by Crippen LogP contribution is 2.43. The molecule has 2 N–H and O–H groups in total. The normalized spacial score (nSPS) is 18.4. The number of Topliss-reactive ketones (excluding diaryl/α,β-unsaturated/α-hetero) is 1. The molecule has 0 saturated carbocycles. The van der Waals surface area contributed by atoms with E-state index in [0.29, 0.717) is 6.42 Å². The molecule has 158 valence electrons. The summed E-state index contributed by atoms with van der Waals surface area (Å²) >= 11 is 0. The number of methoxy groups -OCH3 is 1. The molecule has 4 heteroatoms. The molecule has 1 aliphatic carbocycles. The molecule has 4 nitrogen and oxygen atoms in total. The number of hydrogen-bond donors (Lipinski definition) is 2. The van der Waals surface area contributed by atoms with Crippen LogP contribution in [0.15, 0.2) is 65.8 Å². The van der Waals surface area contributed by atoms with Gasteiger partial charge in [0.05, 0.1) is 7.11 Å². The molecular formula is C26H30O4. The Morgan fingerprint density at radius 1 is 1.17 bits per heavy atom. The number of carbonyl (C=O) groups is 1. The second kappa shape index (κ2) is 9.66. The monoisotopic (exact) mass is 406 g/mol. The van der Waals surface area contributed by atoms with Crippen LogP contribution in [0.3, 0.4) is 0 Å². The van der Waals surface area contributed by atoms with E-state index in [1.54, 1.807) is 0 Å². The third kappa shape index (κ3) is 4.93. The summed E-state index contributed by atoms with van der Waals surface area (Å²) in [5.41, 5.74) is 3.95. The molecule has 2 unspecified atom stereocenters. The third-order valence-electron chi connectivity index (χ3n) is 5.74. The van der Waals surface area contributed by atoms with Crippen LogP contribution in [0.2, 0.25) is 0 Å². The maximum atomic E-state index is 13.5. The van der Waals surface area contributed by atoms with Gasteiger partial charge in [0.25, 0.3) is 0 Å². The predicted molar refractivity (Wildman–Crippen MR) is 119 cm³/mol. The van der Waals surface area contributed by atoms with Crippen LogP contribution in [0.5, 0.6) is 17.2 Å². The van der Waals surface area contributed by atoms with Gasteiger partial charge < -0.3 is 14.9 Å². The van der Waals surface area contributed by atoms with Crippen LogP contribution in [-0.4, -0.2) is 23.1 Å². The molecule has 0 aromatic heterocycles. The smallest absolute Gasteiger partial charge is 0.174 e. The van der Waals surface area contributed by atoms with E-state index in [0.717, 1.165) is 24.8 Å². The molecule has 0 saturated heterocycles. The van der Waals surface area contributed by atoms with Crippen molar-refractivity contribution < 1.29 is 19.7 Å². The average molecular weight is 407 g/mol. The number of rotatable bonds is 7. The topological polar surface area (TPSA) is 66.8 Å².